The van der Waals surface area contributed by atoms with Crippen molar-refractivity contribution in [2.75, 3.05) is 26.8 Å². The smallest absolute Gasteiger partial charge is 0.383 e. The van der Waals surface area contributed by atoms with Crippen LogP contribution in [0.1, 0.15) is 13.3 Å². The van der Waals surface area contributed by atoms with E-state index in [0.29, 0.717) is 13.2 Å². The molecule has 0 radical (unpaired) electrons. The molecule has 0 aromatic heterocycles. The van der Waals surface area contributed by atoms with E-state index in [1.165, 1.54) is 14.0 Å². The van der Waals surface area contributed by atoms with Crippen LogP contribution >= 0.6 is 0 Å². The lowest BCUT2D eigenvalue weighted by Gasteiger charge is -2.14. The first kappa shape index (κ1) is 15.2. The summed E-state index contributed by atoms with van der Waals surface area (Å²) in [6, 6.07) is -0.640. The van der Waals surface area contributed by atoms with Gasteiger partial charge in [-0.15, -0.1) is 0 Å². The van der Waals surface area contributed by atoms with Gasteiger partial charge in [0.2, 0.25) is 5.91 Å². The van der Waals surface area contributed by atoms with E-state index in [1.54, 1.807) is 0 Å². The minimum absolute atomic E-state index is 0.262. The van der Waals surface area contributed by atoms with Crippen molar-refractivity contribution < 1.29 is 22.7 Å². The van der Waals surface area contributed by atoms with Crippen LogP contribution in [0.5, 0.6) is 0 Å². The number of carbonyl (C=O) groups excluding carboxylic acids is 1. The quantitative estimate of drug-likeness (QED) is 0.645. The van der Waals surface area contributed by atoms with E-state index in [-0.39, 0.29) is 12.5 Å². The maximum absolute atomic E-state index is 11.8. The molecule has 0 rings (SSSR count). The SMILES string of the molecule is COCCNC(=O)C(C)NCCC(F)(F)F. The van der Waals surface area contributed by atoms with Gasteiger partial charge in [-0.1, -0.05) is 0 Å². The molecule has 0 saturated heterocycles. The van der Waals surface area contributed by atoms with Gasteiger partial charge in [-0.2, -0.15) is 13.2 Å². The zero-order valence-corrected chi connectivity index (χ0v) is 9.36. The Hall–Kier alpha value is -0.820. The molecule has 0 aliphatic carbocycles. The van der Waals surface area contributed by atoms with E-state index in [4.69, 9.17) is 4.74 Å². The fraction of sp³-hybridized carbons (Fsp3) is 0.889. The number of ether oxygens (including phenoxy) is 1. The van der Waals surface area contributed by atoms with Gasteiger partial charge in [0.15, 0.2) is 0 Å². The average Bonchev–Trinajstić information content (AvgIpc) is 2.15. The monoisotopic (exact) mass is 242 g/mol. The third kappa shape index (κ3) is 8.49. The fourth-order valence-corrected chi connectivity index (χ4v) is 0.952. The third-order valence-electron chi connectivity index (χ3n) is 1.86. The highest BCUT2D eigenvalue weighted by atomic mass is 19.4. The summed E-state index contributed by atoms with van der Waals surface area (Å²) < 4.78 is 40.1. The predicted octanol–water partition coefficient (Wildman–Crippen LogP) is 0.679. The molecule has 0 saturated carbocycles. The highest BCUT2D eigenvalue weighted by Crippen LogP contribution is 2.18. The molecule has 0 spiro atoms. The molecule has 1 amide bonds. The third-order valence-corrected chi connectivity index (χ3v) is 1.86. The molecule has 7 heteroatoms. The number of rotatable bonds is 7. The molecule has 16 heavy (non-hydrogen) atoms. The van der Waals surface area contributed by atoms with Gasteiger partial charge >= 0.3 is 6.18 Å². The van der Waals surface area contributed by atoms with Crippen molar-refractivity contribution in [2.45, 2.75) is 25.6 Å². The Morgan fingerprint density at radius 3 is 2.50 bits per heavy atom. The van der Waals surface area contributed by atoms with Crippen molar-refractivity contribution in [2.24, 2.45) is 0 Å². The number of alkyl halides is 3. The zero-order chi connectivity index (χ0) is 12.6. The molecule has 2 N–H and O–H groups in total. The van der Waals surface area contributed by atoms with Crippen LogP contribution in [-0.2, 0) is 9.53 Å². The van der Waals surface area contributed by atoms with Crippen LogP contribution in [0.15, 0.2) is 0 Å². The minimum atomic E-state index is -4.20. The Morgan fingerprint density at radius 2 is 2.00 bits per heavy atom. The molecule has 0 bridgehead atoms. The van der Waals surface area contributed by atoms with Gasteiger partial charge in [-0.05, 0) is 6.92 Å². The van der Waals surface area contributed by atoms with Crippen LogP contribution in [-0.4, -0.2) is 44.9 Å². The second-order valence-electron chi connectivity index (χ2n) is 3.32. The first-order valence-electron chi connectivity index (χ1n) is 4.93. The highest BCUT2D eigenvalue weighted by molar-refractivity contribution is 5.81. The maximum atomic E-state index is 11.8. The van der Waals surface area contributed by atoms with E-state index in [1.807, 2.05) is 0 Å². The van der Waals surface area contributed by atoms with Gasteiger partial charge in [0.25, 0.3) is 0 Å². The predicted molar refractivity (Wildman–Crippen MR) is 53.0 cm³/mol. The summed E-state index contributed by atoms with van der Waals surface area (Å²) in [6.45, 7) is 1.97. The topological polar surface area (TPSA) is 50.4 Å². The Labute approximate surface area is 92.5 Å². The second-order valence-corrected chi connectivity index (χ2v) is 3.32. The standard InChI is InChI=1S/C9H17F3N2O2/c1-7(8(15)14-5-6-16-2)13-4-3-9(10,11)12/h7,13H,3-6H2,1-2H3,(H,14,15). The Kier molecular flexibility index (Phi) is 7.07. The molecule has 0 fully saturated rings. The Morgan fingerprint density at radius 1 is 1.38 bits per heavy atom. The molecule has 4 nitrogen and oxygen atoms in total. The molecule has 1 unspecified atom stereocenters. The number of methoxy groups -OCH3 is 1. The average molecular weight is 242 g/mol. The molecule has 0 aliphatic heterocycles. The van der Waals surface area contributed by atoms with Crippen molar-refractivity contribution in [3.05, 3.63) is 0 Å². The van der Waals surface area contributed by atoms with E-state index in [2.05, 4.69) is 10.6 Å². The van der Waals surface area contributed by atoms with Crippen LogP contribution < -0.4 is 10.6 Å². The van der Waals surface area contributed by atoms with Crippen molar-refractivity contribution in [3.63, 3.8) is 0 Å². The normalized spacial score (nSPS) is 13.6. The lowest BCUT2D eigenvalue weighted by atomic mass is 10.3. The minimum Gasteiger partial charge on any atom is -0.383 e. The van der Waals surface area contributed by atoms with Gasteiger partial charge in [-0.25, -0.2) is 0 Å². The summed E-state index contributed by atoms with van der Waals surface area (Å²) in [5.74, 6) is -0.334. The van der Waals surface area contributed by atoms with Crippen molar-refractivity contribution in [1.82, 2.24) is 10.6 Å². The van der Waals surface area contributed by atoms with Crippen LogP contribution in [0.25, 0.3) is 0 Å². The number of hydrogen-bond donors (Lipinski definition) is 2. The lowest BCUT2D eigenvalue weighted by molar-refractivity contribution is -0.135. The van der Waals surface area contributed by atoms with Gasteiger partial charge in [-0.3, -0.25) is 4.79 Å². The van der Waals surface area contributed by atoms with Crippen LogP contribution in [0.4, 0.5) is 13.2 Å². The summed E-state index contributed by atoms with van der Waals surface area (Å²) in [6.07, 6.45) is -5.14. The lowest BCUT2D eigenvalue weighted by Crippen LogP contribution is -2.44. The molecule has 96 valence electrons. The second kappa shape index (κ2) is 7.45. The Bertz CT molecular complexity index is 209. The van der Waals surface area contributed by atoms with Crippen LogP contribution in [0.3, 0.4) is 0 Å². The van der Waals surface area contributed by atoms with Crippen molar-refractivity contribution in [1.29, 1.82) is 0 Å². The van der Waals surface area contributed by atoms with Gasteiger partial charge in [0, 0.05) is 20.2 Å². The summed E-state index contributed by atoms with van der Waals surface area (Å²) in [5.41, 5.74) is 0. The zero-order valence-electron chi connectivity index (χ0n) is 9.36. The summed E-state index contributed by atoms with van der Waals surface area (Å²) >= 11 is 0. The van der Waals surface area contributed by atoms with Crippen molar-refractivity contribution >= 4 is 5.91 Å². The van der Waals surface area contributed by atoms with Gasteiger partial charge in [0.1, 0.15) is 0 Å². The number of halogens is 3. The number of nitrogens with one attached hydrogen (secondary N) is 2. The Balaban J connectivity index is 3.63. The molecule has 0 aromatic rings. The van der Waals surface area contributed by atoms with Gasteiger partial charge < -0.3 is 15.4 Å². The number of hydrogen-bond acceptors (Lipinski definition) is 3. The summed E-state index contributed by atoms with van der Waals surface area (Å²) in [7, 11) is 1.50. The first-order chi connectivity index (χ1) is 7.37. The molecule has 1 atom stereocenters. The first-order valence-corrected chi connectivity index (χ1v) is 4.93. The van der Waals surface area contributed by atoms with Crippen LogP contribution in [0.2, 0.25) is 0 Å². The van der Waals surface area contributed by atoms with E-state index >= 15 is 0 Å². The highest BCUT2D eigenvalue weighted by Gasteiger charge is 2.26. The van der Waals surface area contributed by atoms with Gasteiger partial charge in [0.05, 0.1) is 19.1 Å². The number of amides is 1. The molecule has 0 aliphatic rings. The molecular formula is C9H17F3N2O2. The summed E-state index contributed by atoms with van der Waals surface area (Å²) in [4.78, 5) is 11.3. The van der Waals surface area contributed by atoms with E-state index in [0.717, 1.165) is 0 Å². The molecule has 0 heterocycles. The van der Waals surface area contributed by atoms with E-state index < -0.39 is 18.6 Å². The maximum Gasteiger partial charge on any atom is 0.390 e. The largest absolute Gasteiger partial charge is 0.390 e. The number of carbonyl (C=O) groups is 1. The summed E-state index contributed by atoms with van der Waals surface area (Å²) in [5, 5.41) is 5.02. The fourth-order valence-electron chi connectivity index (χ4n) is 0.952. The van der Waals surface area contributed by atoms with Crippen molar-refractivity contribution in [3.8, 4) is 0 Å². The van der Waals surface area contributed by atoms with E-state index in [9.17, 15) is 18.0 Å². The molecule has 0 aromatic carbocycles. The van der Waals surface area contributed by atoms with Crippen LogP contribution in [0, 0.1) is 0 Å². The molecular weight excluding hydrogens is 225 g/mol.